The third-order valence-electron chi connectivity index (χ3n) is 5.91. The van der Waals surface area contributed by atoms with Crippen LogP contribution in [0.2, 0.25) is 0 Å². The number of ether oxygens (including phenoxy) is 2. The van der Waals surface area contributed by atoms with Crippen LogP contribution in [0, 0.1) is 0 Å². The molecule has 3 heterocycles. The lowest BCUT2D eigenvalue weighted by Crippen LogP contribution is -2.45. The minimum absolute atomic E-state index is 0.0318. The van der Waals surface area contributed by atoms with Crippen LogP contribution in [0.15, 0.2) is 18.3 Å². The van der Waals surface area contributed by atoms with Gasteiger partial charge in [-0.05, 0) is 46.1 Å². The molecule has 0 aromatic carbocycles. The van der Waals surface area contributed by atoms with Crippen LogP contribution in [0.25, 0.3) is 11.5 Å². The first-order valence-corrected chi connectivity index (χ1v) is 12.1. The number of carbonyl (C=O) groups excluding carboxylic acids is 1. The average molecular weight is 469 g/mol. The molecule has 1 amide bonds. The standard InChI is InChI=1S/C25H36N6O3/c1-25(2,3)29-22(32)17-30(4)24-19-6-5-7-20(19)27-23(28-24)21-16-18(8-9-26-21)34-15-12-31-10-13-33-14-11-31/h8-9,16H,5-7,10-15,17H2,1-4H3,(H,29,32). The van der Waals surface area contributed by atoms with Gasteiger partial charge in [-0.1, -0.05) is 0 Å². The second kappa shape index (κ2) is 10.7. The van der Waals surface area contributed by atoms with Gasteiger partial charge >= 0.3 is 0 Å². The molecule has 0 atom stereocenters. The quantitative estimate of drug-likeness (QED) is 0.630. The van der Waals surface area contributed by atoms with Crippen LogP contribution in [0.5, 0.6) is 5.75 Å². The number of nitrogens with zero attached hydrogens (tertiary/aromatic N) is 5. The number of pyridine rings is 1. The molecule has 2 aliphatic rings. The van der Waals surface area contributed by atoms with Crippen LogP contribution in [0.3, 0.4) is 0 Å². The highest BCUT2D eigenvalue weighted by Crippen LogP contribution is 2.31. The van der Waals surface area contributed by atoms with E-state index in [9.17, 15) is 4.79 Å². The van der Waals surface area contributed by atoms with Crippen molar-refractivity contribution in [3.05, 3.63) is 29.6 Å². The largest absolute Gasteiger partial charge is 0.492 e. The molecular weight excluding hydrogens is 432 g/mol. The number of rotatable bonds is 8. The fourth-order valence-electron chi connectivity index (χ4n) is 4.33. The number of hydrogen-bond donors (Lipinski definition) is 1. The van der Waals surface area contributed by atoms with Gasteiger partial charge in [0.05, 0.1) is 19.8 Å². The zero-order valence-corrected chi connectivity index (χ0v) is 20.8. The van der Waals surface area contributed by atoms with E-state index in [4.69, 9.17) is 19.4 Å². The smallest absolute Gasteiger partial charge is 0.239 e. The molecule has 2 aromatic heterocycles. The topological polar surface area (TPSA) is 92.7 Å². The Hall–Kier alpha value is -2.78. The molecule has 1 fully saturated rings. The minimum atomic E-state index is -0.275. The van der Waals surface area contributed by atoms with Gasteiger partial charge in [-0.25, -0.2) is 9.97 Å². The fourth-order valence-corrected chi connectivity index (χ4v) is 4.33. The number of carbonyl (C=O) groups is 1. The second-order valence-corrected chi connectivity index (χ2v) is 9.98. The van der Waals surface area contributed by atoms with Crippen molar-refractivity contribution >= 4 is 11.7 Å². The van der Waals surface area contributed by atoms with Crippen molar-refractivity contribution in [1.82, 2.24) is 25.2 Å². The summed E-state index contributed by atoms with van der Waals surface area (Å²) in [5.41, 5.74) is 2.58. The lowest BCUT2D eigenvalue weighted by Gasteiger charge is -2.26. The maximum atomic E-state index is 12.5. The summed E-state index contributed by atoms with van der Waals surface area (Å²) in [5.74, 6) is 2.09. The van der Waals surface area contributed by atoms with Crippen molar-refractivity contribution in [2.45, 2.75) is 45.6 Å². The summed E-state index contributed by atoms with van der Waals surface area (Å²) in [6, 6.07) is 3.76. The molecule has 1 N–H and O–H groups in total. The Bertz CT molecular complexity index is 1000. The summed E-state index contributed by atoms with van der Waals surface area (Å²) in [6.45, 7) is 11.1. The van der Waals surface area contributed by atoms with Gasteiger partial charge in [-0.2, -0.15) is 0 Å². The van der Waals surface area contributed by atoms with Gasteiger partial charge in [-0.15, -0.1) is 0 Å². The number of aromatic nitrogens is 3. The zero-order chi connectivity index (χ0) is 24.1. The molecule has 0 spiro atoms. The van der Waals surface area contributed by atoms with Crippen molar-refractivity contribution in [2.24, 2.45) is 0 Å². The highest BCUT2D eigenvalue weighted by molar-refractivity contribution is 5.82. The highest BCUT2D eigenvalue weighted by Gasteiger charge is 2.24. The van der Waals surface area contributed by atoms with Gasteiger partial charge < -0.3 is 19.7 Å². The minimum Gasteiger partial charge on any atom is -0.492 e. The first-order valence-electron chi connectivity index (χ1n) is 12.1. The Morgan fingerprint density at radius 1 is 1.24 bits per heavy atom. The third kappa shape index (κ3) is 6.42. The number of fused-ring (bicyclic) bond motifs is 1. The summed E-state index contributed by atoms with van der Waals surface area (Å²) >= 11 is 0. The second-order valence-electron chi connectivity index (χ2n) is 9.98. The van der Waals surface area contributed by atoms with Crippen molar-refractivity contribution in [3.63, 3.8) is 0 Å². The number of amides is 1. The van der Waals surface area contributed by atoms with E-state index in [1.165, 1.54) is 0 Å². The Morgan fingerprint density at radius 2 is 2.03 bits per heavy atom. The Morgan fingerprint density at radius 3 is 2.79 bits per heavy atom. The lowest BCUT2D eigenvalue weighted by atomic mass is 10.1. The summed E-state index contributed by atoms with van der Waals surface area (Å²) in [6.07, 6.45) is 4.61. The first kappa shape index (κ1) is 24.3. The maximum Gasteiger partial charge on any atom is 0.239 e. The molecule has 1 aliphatic heterocycles. The monoisotopic (exact) mass is 468 g/mol. The van der Waals surface area contributed by atoms with Crippen LogP contribution in [0.4, 0.5) is 5.82 Å². The summed E-state index contributed by atoms with van der Waals surface area (Å²) < 4.78 is 11.4. The number of likely N-dealkylation sites (N-methyl/N-ethyl adjacent to an activating group) is 1. The average Bonchev–Trinajstić information content (AvgIpc) is 3.27. The predicted octanol–water partition coefficient (Wildman–Crippen LogP) is 2.09. The van der Waals surface area contributed by atoms with Crippen molar-refractivity contribution in [2.75, 3.05) is 57.9 Å². The third-order valence-corrected chi connectivity index (χ3v) is 5.91. The highest BCUT2D eigenvalue weighted by atomic mass is 16.5. The van der Waals surface area contributed by atoms with Gasteiger partial charge in [0.1, 0.15) is 23.9 Å². The molecule has 1 saturated heterocycles. The number of aryl methyl sites for hydroxylation is 1. The molecule has 184 valence electrons. The van der Waals surface area contributed by atoms with Crippen molar-refractivity contribution in [3.8, 4) is 17.3 Å². The Labute approximate surface area is 201 Å². The SMILES string of the molecule is CN(CC(=O)NC(C)(C)C)c1nc(-c2cc(OCCN3CCOCC3)ccn2)nc2c1CCC2. The lowest BCUT2D eigenvalue weighted by molar-refractivity contribution is -0.121. The van der Waals surface area contributed by atoms with E-state index in [0.717, 1.165) is 74.9 Å². The van der Waals surface area contributed by atoms with E-state index in [2.05, 4.69) is 15.2 Å². The summed E-state index contributed by atoms with van der Waals surface area (Å²) in [7, 11) is 1.91. The maximum absolute atomic E-state index is 12.5. The summed E-state index contributed by atoms with van der Waals surface area (Å²) in [5, 5.41) is 3.02. The van der Waals surface area contributed by atoms with Crippen LogP contribution < -0.4 is 15.0 Å². The van der Waals surface area contributed by atoms with Crippen LogP contribution in [-0.2, 0) is 22.4 Å². The molecule has 0 radical (unpaired) electrons. The molecule has 9 heteroatoms. The number of nitrogens with one attached hydrogen (secondary N) is 1. The van der Waals surface area contributed by atoms with E-state index < -0.39 is 0 Å². The molecule has 0 bridgehead atoms. The normalized spacial score (nSPS) is 16.2. The zero-order valence-electron chi connectivity index (χ0n) is 20.8. The van der Waals surface area contributed by atoms with Gasteiger partial charge in [0.25, 0.3) is 0 Å². The number of hydrogen-bond acceptors (Lipinski definition) is 8. The van der Waals surface area contributed by atoms with Crippen molar-refractivity contribution < 1.29 is 14.3 Å². The van der Waals surface area contributed by atoms with E-state index in [-0.39, 0.29) is 18.0 Å². The molecule has 1 aliphatic carbocycles. The number of morpholine rings is 1. The van der Waals surface area contributed by atoms with Crippen LogP contribution in [-0.4, -0.2) is 84.3 Å². The number of anilines is 1. The fraction of sp³-hybridized carbons (Fsp3) is 0.600. The summed E-state index contributed by atoms with van der Waals surface area (Å²) in [4.78, 5) is 31.0. The van der Waals surface area contributed by atoms with Crippen LogP contribution in [0.1, 0.15) is 38.4 Å². The first-order chi connectivity index (χ1) is 16.3. The Balaban J connectivity index is 1.48. The van der Waals surface area contributed by atoms with Gasteiger partial charge in [0.2, 0.25) is 5.91 Å². The van der Waals surface area contributed by atoms with Gasteiger partial charge in [0.15, 0.2) is 5.82 Å². The molecule has 34 heavy (non-hydrogen) atoms. The van der Waals surface area contributed by atoms with E-state index >= 15 is 0 Å². The predicted molar refractivity (Wildman–Crippen MR) is 131 cm³/mol. The van der Waals surface area contributed by atoms with Gasteiger partial charge in [-0.3, -0.25) is 14.7 Å². The molecular formula is C25H36N6O3. The van der Waals surface area contributed by atoms with Crippen LogP contribution >= 0.6 is 0 Å². The molecule has 0 unspecified atom stereocenters. The van der Waals surface area contributed by atoms with E-state index in [1.807, 2.05) is 44.9 Å². The van der Waals surface area contributed by atoms with E-state index in [1.54, 1.807) is 6.20 Å². The molecule has 4 rings (SSSR count). The van der Waals surface area contributed by atoms with Gasteiger partial charge in [0, 0.05) is 55.7 Å². The van der Waals surface area contributed by atoms with Crippen molar-refractivity contribution in [1.29, 1.82) is 0 Å². The molecule has 9 nitrogen and oxygen atoms in total. The Kier molecular flexibility index (Phi) is 7.63. The molecule has 0 saturated carbocycles. The molecule has 2 aromatic rings. The van der Waals surface area contributed by atoms with E-state index in [0.29, 0.717) is 18.1 Å².